The molecule has 0 aliphatic carbocycles. The molecule has 0 fully saturated rings. The number of aromatic nitrogens is 2. The molecule has 3 nitrogen and oxygen atoms in total. The Morgan fingerprint density at radius 2 is 0.985 bits per heavy atom. The van der Waals surface area contributed by atoms with E-state index in [2.05, 4.69) is 211 Å². The molecule has 0 amide bonds. The molecule has 332 valence electrons. The number of allylic oxidation sites excluding steroid dienone is 3. The van der Waals surface area contributed by atoms with Gasteiger partial charge in [-0.15, -0.1) is 52.1 Å². The largest absolute Gasteiger partial charge is 2.00 e. The molecular formula is C62H47N3PtS2. The molecular weight excluding hydrogens is 1050 g/mol. The van der Waals surface area contributed by atoms with Gasteiger partial charge in [0.15, 0.2) is 0 Å². The van der Waals surface area contributed by atoms with Crippen molar-refractivity contribution in [2.24, 2.45) is 0 Å². The minimum atomic E-state index is 0. The van der Waals surface area contributed by atoms with Gasteiger partial charge in [0.25, 0.3) is 0 Å². The van der Waals surface area contributed by atoms with E-state index in [0.29, 0.717) is 0 Å². The number of hydrogen-bond donors (Lipinski definition) is 0. The maximum atomic E-state index is 5.71. The van der Waals surface area contributed by atoms with Gasteiger partial charge in [-0.1, -0.05) is 155 Å². The molecule has 0 atom stereocenters. The van der Waals surface area contributed by atoms with Gasteiger partial charge in [-0.05, 0) is 132 Å². The number of hydrogen-bond acceptors (Lipinski definition) is 4. The van der Waals surface area contributed by atoms with Gasteiger partial charge in [-0.2, -0.15) is 5.70 Å². The molecule has 1 aliphatic rings. The van der Waals surface area contributed by atoms with Crippen LogP contribution in [0, 0.1) is 47.6 Å². The number of fused-ring (bicyclic) bond motifs is 2. The van der Waals surface area contributed by atoms with Crippen molar-refractivity contribution in [1.29, 1.82) is 0 Å². The molecule has 0 saturated carbocycles. The van der Waals surface area contributed by atoms with Crippen molar-refractivity contribution in [2.75, 3.05) is 0 Å². The van der Waals surface area contributed by atoms with Crippen molar-refractivity contribution in [3.63, 3.8) is 0 Å². The summed E-state index contributed by atoms with van der Waals surface area (Å²) in [6.07, 6.45) is 8.35. The van der Waals surface area contributed by atoms with Gasteiger partial charge in [-0.25, -0.2) is 0 Å². The van der Waals surface area contributed by atoms with Gasteiger partial charge >= 0.3 is 21.1 Å². The summed E-state index contributed by atoms with van der Waals surface area (Å²) in [6.45, 7) is 13.2. The van der Waals surface area contributed by atoms with Gasteiger partial charge in [-0.3, -0.25) is 9.97 Å². The molecule has 11 rings (SSSR count). The Morgan fingerprint density at radius 1 is 0.485 bits per heavy atom. The van der Waals surface area contributed by atoms with Crippen LogP contribution < -0.4 is 0 Å². The zero-order valence-corrected chi connectivity index (χ0v) is 42.6. The fourth-order valence-corrected chi connectivity index (χ4v) is 12.4. The van der Waals surface area contributed by atoms with E-state index in [1.54, 1.807) is 11.3 Å². The minimum Gasteiger partial charge on any atom is -0.662 e. The summed E-state index contributed by atoms with van der Waals surface area (Å²) in [6, 6.07) is 58.4. The first kappa shape index (κ1) is 45.1. The van der Waals surface area contributed by atoms with Crippen molar-refractivity contribution in [3.05, 3.63) is 249 Å². The van der Waals surface area contributed by atoms with Crippen LogP contribution in [0.2, 0.25) is 0 Å². The van der Waals surface area contributed by atoms with Crippen LogP contribution in [0.1, 0.15) is 55.8 Å². The summed E-state index contributed by atoms with van der Waals surface area (Å²) in [5.41, 5.74) is 21.8. The van der Waals surface area contributed by atoms with Gasteiger partial charge in [0, 0.05) is 32.5 Å². The van der Waals surface area contributed by atoms with E-state index < -0.39 is 0 Å². The van der Waals surface area contributed by atoms with E-state index in [4.69, 9.17) is 15.3 Å². The monoisotopic (exact) mass is 1090 g/mol. The fourth-order valence-electron chi connectivity index (χ4n) is 9.77. The second-order valence-corrected chi connectivity index (χ2v) is 19.7. The van der Waals surface area contributed by atoms with Crippen LogP contribution in [0.25, 0.3) is 85.6 Å². The number of rotatable bonds is 8. The second-order valence-electron chi connectivity index (χ2n) is 17.6. The predicted molar refractivity (Wildman–Crippen MR) is 286 cm³/mol. The molecule has 0 unspecified atom stereocenters. The molecule has 0 saturated heterocycles. The molecule has 0 bridgehead atoms. The summed E-state index contributed by atoms with van der Waals surface area (Å²) in [7, 11) is 0. The third-order valence-corrected chi connectivity index (χ3v) is 15.3. The van der Waals surface area contributed by atoms with Crippen LogP contribution >= 0.6 is 22.7 Å². The number of nitrogens with zero attached hydrogens (tertiary/aromatic N) is 3. The molecule has 0 radical (unpaired) electrons. The Balaban J connectivity index is 0.00000539. The van der Waals surface area contributed by atoms with Gasteiger partial charge in [0.05, 0.1) is 10.4 Å². The molecule has 68 heavy (non-hydrogen) atoms. The van der Waals surface area contributed by atoms with E-state index in [-0.39, 0.29) is 21.1 Å². The third-order valence-electron chi connectivity index (χ3n) is 13.0. The molecule has 10 aromatic rings. The van der Waals surface area contributed by atoms with Gasteiger partial charge in [0.1, 0.15) is 0 Å². The van der Waals surface area contributed by atoms with Crippen LogP contribution in [0.15, 0.2) is 182 Å². The summed E-state index contributed by atoms with van der Waals surface area (Å²) in [4.78, 5) is 12.8. The van der Waals surface area contributed by atoms with E-state index in [1.807, 2.05) is 23.7 Å². The Morgan fingerprint density at radius 3 is 1.54 bits per heavy atom. The van der Waals surface area contributed by atoms with Crippen LogP contribution in [-0.2, 0) is 21.1 Å². The van der Waals surface area contributed by atoms with Crippen molar-refractivity contribution in [1.82, 2.24) is 9.97 Å². The first-order chi connectivity index (χ1) is 32.7. The minimum absolute atomic E-state index is 0. The molecule has 0 spiro atoms. The zero-order chi connectivity index (χ0) is 45.8. The summed E-state index contributed by atoms with van der Waals surface area (Å²) < 4.78 is 2.26. The summed E-state index contributed by atoms with van der Waals surface area (Å²) in [5.74, 6) is 0. The number of pyridine rings is 2. The molecule has 0 N–H and O–H groups in total. The van der Waals surface area contributed by atoms with E-state index in [1.165, 1.54) is 48.5 Å². The number of thiophene rings is 2. The summed E-state index contributed by atoms with van der Waals surface area (Å²) >= 11 is 3.60. The second kappa shape index (κ2) is 18.7. The average Bonchev–Trinajstić information content (AvgIpc) is 3.98. The van der Waals surface area contributed by atoms with Crippen molar-refractivity contribution >= 4 is 59.7 Å². The van der Waals surface area contributed by atoms with Crippen LogP contribution in [0.5, 0.6) is 0 Å². The maximum absolute atomic E-state index is 5.71. The SMILES string of the molecule is Cc1cccc(C)c1/C(=C1\C=C(c2ccccc2)C=C(c2nccc3cc(-c4c(C)cccc4C)sc23)[N-]1)c1[c-]c(-c2nccc3cc(-c4c(C)cccc4C)sc23)cc(-c2ccccc2)c1.[Pt+2]. The fraction of sp³-hybridized carbons (Fsp3) is 0.0968. The Hall–Kier alpha value is -6.75. The summed E-state index contributed by atoms with van der Waals surface area (Å²) in [5, 5.41) is 8.04. The quantitative estimate of drug-likeness (QED) is 0.142. The van der Waals surface area contributed by atoms with Crippen LogP contribution in [0.4, 0.5) is 0 Å². The van der Waals surface area contributed by atoms with Crippen LogP contribution in [-0.4, -0.2) is 9.97 Å². The standard InChI is InChI=1S/C62H47N3S2.Pt/c1-37-16-13-17-38(2)55(37)53-35-45-26-28-63-59(61(45)66-53)50-31-47(43-22-9-7-10-23-43)30-49(32-50)58(57-41(5)20-15-21-42(57)6)51-33-48(44-24-11-8-12-25-44)34-52(65-51)60-62-46(27-29-64-60)36-54(67-62)56-39(3)18-14-19-40(56)4;/h7-31,33-36H,1-6H3;/q-2;+2/b58-51+;. The molecule has 5 heterocycles. The molecule has 4 aromatic heterocycles. The van der Waals surface area contributed by atoms with Gasteiger partial charge < -0.3 is 5.32 Å². The molecule has 6 heteroatoms. The predicted octanol–water partition coefficient (Wildman–Crippen LogP) is 17.5. The number of aryl methyl sites for hydroxylation is 6. The third kappa shape index (κ3) is 8.34. The van der Waals surface area contributed by atoms with Crippen molar-refractivity contribution in [3.8, 4) is 43.3 Å². The Kier molecular flexibility index (Phi) is 12.4. The molecule has 1 aliphatic heterocycles. The topological polar surface area (TPSA) is 39.9 Å². The van der Waals surface area contributed by atoms with Crippen LogP contribution in [0.3, 0.4) is 0 Å². The van der Waals surface area contributed by atoms with Gasteiger partial charge in [0.2, 0.25) is 0 Å². The first-order valence-electron chi connectivity index (χ1n) is 22.7. The van der Waals surface area contributed by atoms with E-state index in [0.717, 1.165) is 93.2 Å². The first-order valence-corrected chi connectivity index (χ1v) is 24.4. The smallest absolute Gasteiger partial charge is 0.662 e. The normalized spacial score (nSPS) is 13.2. The number of benzene rings is 6. The van der Waals surface area contributed by atoms with E-state index >= 15 is 0 Å². The van der Waals surface area contributed by atoms with E-state index in [9.17, 15) is 0 Å². The Bertz CT molecular complexity index is 3610. The molecule has 6 aromatic carbocycles. The maximum Gasteiger partial charge on any atom is 2.00 e. The Labute approximate surface area is 421 Å². The van der Waals surface area contributed by atoms with Crippen molar-refractivity contribution < 1.29 is 21.1 Å². The average molecular weight is 1090 g/mol. The van der Waals surface area contributed by atoms with Crippen molar-refractivity contribution in [2.45, 2.75) is 41.5 Å². The zero-order valence-electron chi connectivity index (χ0n) is 38.7.